The molecular weight excluding hydrogens is 251 g/mol. The van der Waals surface area contributed by atoms with Crippen molar-refractivity contribution in [2.45, 2.75) is 58.2 Å². The van der Waals surface area contributed by atoms with E-state index < -0.39 is 12.5 Å². The van der Waals surface area contributed by atoms with Crippen LogP contribution in [0.15, 0.2) is 18.2 Å². The summed E-state index contributed by atoms with van der Waals surface area (Å²) in [6.45, 7) is 11.7. The van der Waals surface area contributed by atoms with Gasteiger partial charge >= 0.3 is 7.12 Å². The molecule has 1 aliphatic rings. The molecule has 0 amide bonds. The van der Waals surface area contributed by atoms with Crippen molar-refractivity contribution in [2.24, 2.45) is 0 Å². The highest BCUT2D eigenvalue weighted by molar-refractivity contribution is 6.61. The lowest BCUT2D eigenvalue weighted by atomic mass is 9.82. The van der Waals surface area contributed by atoms with Crippen LogP contribution in [0, 0.1) is 11.3 Å². The van der Waals surface area contributed by atoms with Crippen LogP contribution >= 0.6 is 0 Å². The van der Waals surface area contributed by atoms with Gasteiger partial charge in [-0.3, -0.25) is 4.98 Å². The third kappa shape index (κ3) is 2.46. The van der Waals surface area contributed by atoms with Gasteiger partial charge in [0, 0.05) is 0 Å². The molecule has 2 heterocycles. The number of aromatic nitrogens is 1. The Labute approximate surface area is 121 Å². The first kappa shape index (κ1) is 15.0. The monoisotopic (exact) mass is 272 g/mol. The number of nitriles is 1. The minimum atomic E-state index is -0.625. The lowest BCUT2D eigenvalue weighted by molar-refractivity contribution is 0.00578. The van der Waals surface area contributed by atoms with Gasteiger partial charge in [-0.1, -0.05) is 6.07 Å². The summed E-state index contributed by atoms with van der Waals surface area (Å²) in [6, 6.07) is 7.89. The Kier molecular flexibility index (Phi) is 3.44. The summed E-state index contributed by atoms with van der Waals surface area (Å²) in [5, 5.41) is 9.22. The Morgan fingerprint density at radius 1 is 1.15 bits per heavy atom. The van der Waals surface area contributed by atoms with Gasteiger partial charge in [0.25, 0.3) is 0 Å². The topological polar surface area (TPSA) is 55.1 Å². The van der Waals surface area contributed by atoms with Crippen molar-refractivity contribution in [1.82, 2.24) is 4.98 Å². The zero-order valence-electron chi connectivity index (χ0n) is 13.0. The van der Waals surface area contributed by atoms with E-state index in [9.17, 15) is 5.26 Å². The Hall–Kier alpha value is -1.38. The molecule has 0 aromatic carbocycles. The summed E-state index contributed by atoms with van der Waals surface area (Å²) in [5.74, 6) is 0. The summed E-state index contributed by atoms with van der Waals surface area (Å²) in [4.78, 5) is 4.56. The van der Waals surface area contributed by atoms with E-state index in [1.54, 1.807) is 0 Å². The molecule has 0 spiro atoms. The average molecular weight is 272 g/mol. The van der Waals surface area contributed by atoms with Gasteiger partial charge in [-0.05, 0) is 53.7 Å². The van der Waals surface area contributed by atoms with Crippen LogP contribution in [0.4, 0.5) is 0 Å². The van der Waals surface area contributed by atoms with Crippen LogP contribution in [0.25, 0.3) is 0 Å². The van der Waals surface area contributed by atoms with Crippen LogP contribution in [0.1, 0.15) is 47.2 Å². The van der Waals surface area contributed by atoms with E-state index in [-0.39, 0.29) is 11.2 Å². The van der Waals surface area contributed by atoms with E-state index in [1.165, 1.54) is 0 Å². The molecule has 20 heavy (non-hydrogen) atoms. The molecule has 106 valence electrons. The van der Waals surface area contributed by atoms with Gasteiger partial charge in [0.1, 0.15) is 0 Å². The quantitative estimate of drug-likeness (QED) is 0.774. The summed E-state index contributed by atoms with van der Waals surface area (Å²) in [5.41, 5.74) is 0.0384. The first-order valence-corrected chi connectivity index (χ1v) is 6.83. The van der Waals surface area contributed by atoms with Gasteiger partial charge in [-0.2, -0.15) is 5.26 Å². The molecule has 1 saturated heterocycles. The van der Waals surface area contributed by atoms with Crippen LogP contribution in [0.2, 0.25) is 0 Å². The maximum Gasteiger partial charge on any atom is 0.514 e. The first-order valence-electron chi connectivity index (χ1n) is 6.83. The normalized spacial score (nSPS) is 20.8. The molecule has 2 rings (SSSR count). The van der Waals surface area contributed by atoms with Crippen molar-refractivity contribution in [2.75, 3.05) is 0 Å². The third-order valence-corrected chi connectivity index (χ3v) is 4.19. The fourth-order valence-corrected chi connectivity index (χ4v) is 1.95. The highest BCUT2D eigenvalue weighted by Crippen LogP contribution is 2.36. The van der Waals surface area contributed by atoms with Crippen LogP contribution in [-0.4, -0.2) is 23.3 Å². The summed E-state index contributed by atoms with van der Waals surface area (Å²) in [7, 11) is -0.491. The molecule has 0 unspecified atom stereocenters. The molecule has 1 aliphatic heterocycles. The molecule has 0 saturated carbocycles. The number of hydrogen-bond donors (Lipinski definition) is 0. The van der Waals surface area contributed by atoms with Crippen LogP contribution in [0.3, 0.4) is 0 Å². The summed E-state index contributed by atoms with van der Waals surface area (Å²) >= 11 is 0. The Morgan fingerprint density at radius 2 is 1.70 bits per heavy atom. The average Bonchev–Trinajstić information content (AvgIpc) is 2.59. The molecule has 0 N–H and O–H groups in total. The van der Waals surface area contributed by atoms with E-state index in [0.717, 1.165) is 5.69 Å². The van der Waals surface area contributed by atoms with Crippen LogP contribution < -0.4 is 5.59 Å². The smallest absolute Gasteiger partial charge is 0.398 e. The predicted molar refractivity (Wildman–Crippen MR) is 78.6 cm³/mol. The summed E-state index contributed by atoms with van der Waals surface area (Å²) < 4.78 is 12.0. The van der Waals surface area contributed by atoms with Crippen molar-refractivity contribution in [3.63, 3.8) is 0 Å². The number of nitrogens with zero attached hydrogens (tertiary/aromatic N) is 2. The van der Waals surface area contributed by atoms with E-state index in [1.807, 2.05) is 59.7 Å². The highest BCUT2D eigenvalue weighted by Gasteiger charge is 2.52. The second kappa shape index (κ2) is 4.58. The molecule has 0 bridgehead atoms. The van der Waals surface area contributed by atoms with Gasteiger partial charge in [0.15, 0.2) is 0 Å². The van der Waals surface area contributed by atoms with Gasteiger partial charge in [-0.25, -0.2) is 0 Å². The molecule has 5 heteroatoms. The molecule has 0 atom stereocenters. The summed E-state index contributed by atoms with van der Waals surface area (Å²) in [6.07, 6.45) is 0. The SMILES string of the molecule is CC(C)(C#N)c1cccc(B2OC(C)(C)C(C)(C)O2)n1. The standard InChI is InChI=1S/C15H21BN2O2/c1-13(2,10-17)11-8-7-9-12(18-11)16-19-14(3,4)15(5,6)20-16/h7-9H,1-6H3. The minimum Gasteiger partial charge on any atom is -0.398 e. The zero-order valence-corrected chi connectivity index (χ0v) is 13.0. The fourth-order valence-electron chi connectivity index (χ4n) is 1.95. The van der Waals surface area contributed by atoms with E-state index in [4.69, 9.17) is 9.31 Å². The Morgan fingerprint density at radius 3 is 2.20 bits per heavy atom. The third-order valence-electron chi connectivity index (χ3n) is 4.19. The van der Waals surface area contributed by atoms with Crippen molar-refractivity contribution in [3.05, 3.63) is 23.9 Å². The maximum atomic E-state index is 9.22. The minimum absolute atomic E-state index is 0.389. The predicted octanol–water partition coefficient (Wildman–Crippen LogP) is 2.18. The number of pyridine rings is 1. The van der Waals surface area contributed by atoms with E-state index in [0.29, 0.717) is 5.59 Å². The van der Waals surface area contributed by atoms with Gasteiger partial charge in [-0.15, -0.1) is 0 Å². The van der Waals surface area contributed by atoms with Crippen molar-refractivity contribution < 1.29 is 9.31 Å². The Balaban J connectivity index is 2.33. The van der Waals surface area contributed by atoms with Gasteiger partial charge in [0.05, 0.1) is 34.0 Å². The van der Waals surface area contributed by atoms with Crippen molar-refractivity contribution >= 4 is 12.7 Å². The second-order valence-corrected chi connectivity index (χ2v) is 6.77. The number of rotatable bonds is 2. The van der Waals surface area contributed by atoms with Crippen LogP contribution in [-0.2, 0) is 14.7 Å². The molecule has 1 aromatic rings. The van der Waals surface area contributed by atoms with Gasteiger partial charge < -0.3 is 9.31 Å². The molecule has 0 radical (unpaired) electrons. The number of hydrogen-bond acceptors (Lipinski definition) is 4. The molecule has 1 fully saturated rings. The fraction of sp³-hybridized carbons (Fsp3) is 0.600. The maximum absolute atomic E-state index is 9.22. The van der Waals surface area contributed by atoms with Crippen molar-refractivity contribution in [1.29, 1.82) is 5.26 Å². The lowest BCUT2D eigenvalue weighted by Gasteiger charge is -2.32. The largest absolute Gasteiger partial charge is 0.514 e. The van der Waals surface area contributed by atoms with Crippen LogP contribution in [0.5, 0.6) is 0 Å². The molecule has 0 aliphatic carbocycles. The molecule has 4 nitrogen and oxygen atoms in total. The van der Waals surface area contributed by atoms with E-state index >= 15 is 0 Å². The molecular formula is C15H21BN2O2. The van der Waals surface area contributed by atoms with Gasteiger partial charge in [0.2, 0.25) is 0 Å². The Bertz CT molecular complexity index is 545. The molecule has 1 aromatic heterocycles. The lowest BCUT2D eigenvalue weighted by Crippen LogP contribution is -2.41. The second-order valence-electron chi connectivity index (χ2n) is 6.77. The van der Waals surface area contributed by atoms with E-state index in [2.05, 4.69) is 11.1 Å². The first-order chi connectivity index (χ1) is 9.09. The zero-order chi connectivity index (χ0) is 15.2. The highest BCUT2D eigenvalue weighted by atomic mass is 16.7. The van der Waals surface area contributed by atoms with Crippen molar-refractivity contribution in [3.8, 4) is 6.07 Å².